The standard InChI is InChI=1S/C25H37N3O4S/c1-5-9-17(3)27-14-8-11-25-19(22(31)28(15-16-29)20(25)23(27)32)18-21(30)26(12-6-2)13-7-10-24(18,4)33-25/h7-8,10-11,17-20,29H,5-6,9,12-16H2,1-4H3/t17?,18-,19+,20?,24+,25+/m1/s1. The van der Waals surface area contributed by atoms with E-state index in [1.807, 2.05) is 41.9 Å². The van der Waals surface area contributed by atoms with Gasteiger partial charge in [0.15, 0.2) is 0 Å². The summed E-state index contributed by atoms with van der Waals surface area (Å²) in [6, 6.07) is -0.656. The molecule has 0 aliphatic carbocycles. The summed E-state index contributed by atoms with van der Waals surface area (Å²) in [7, 11) is 0. The zero-order valence-electron chi connectivity index (χ0n) is 20.2. The van der Waals surface area contributed by atoms with Crippen molar-refractivity contribution in [2.24, 2.45) is 11.8 Å². The normalized spacial score (nSPS) is 36.6. The number of hydrogen-bond acceptors (Lipinski definition) is 5. The molecule has 0 bridgehead atoms. The summed E-state index contributed by atoms with van der Waals surface area (Å²) in [5.41, 5.74) is 0. The molecular weight excluding hydrogens is 438 g/mol. The highest BCUT2D eigenvalue weighted by Crippen LogP contribution is 2.65. The van der Waals surface area contributed by atoms with Gasteiger partial charge in [-0.1, -0.05) is 44.6 Å². The lowest BCUT2D eigenvalue weighted by Crippen LogP contribution is -2.55. The second-order valence-corrected chi connectivity index (χ2v) is 11.8. The molecule has 0 saturated carbocycles. The zero-order chi connectivity index (χ0) is 24.0. The van der Waals surface area contributed by atoms with Crippen LogP contribution in [0, 0.1) is 11.8 Å². The molecule has 3 amide bonds. The lowest BCUT2D eigenvalue weighted by Gasteiger charge is -2.38. The van der Waals surface area contributed by atoms with Gasteiger partial charge < -0.3 is 19.8 Å². The number of aliphatic hydroxyl groups is 1. The van der Waals surface area contributed by atoms with E-state index < -0.39 is 27.4 Å². The highest BCUT2D eigenvalue weighted by atomic mass is 32.2. The van der Waals surface area contributed by atoms with Crippen LogP contribution >= 0.6 is 11.8 Å². The third-order valence-electron chi connectivity index (χ3n) is 7.74. The maximum absolute atomic E-state index is 14.0. The van der Waals surface area contributed by atoms with Crippen LogP contribution in [0.25, 0.3) is 0 Å². The largest absolute Gasteiger partial charge is 0.395 e. The van der Waals surface area contributed by atoms with Crippen molar-refractivity contribution in [3.8, 4) is 0 Å². The lowest BCUT2D eigenvalue weighted by atomic mass is 9.74. The predicted octanol–water partition coefficient (Wildman–Crippen LogP) is 2.06. The number of amides is 3. The molecule has 0 aromatic heterocycles. The van der Waals surface area contributed by atoms with Gasteiger partial charge in [-0.2, -0.15) is 0 Å². The molecule has 4 heterocycles. The first-order valence-corrected chi connectivity index (χ1v) is 13.1. The van der Waals surface area contributed by atoms with Gasteiger partial charge in [0.25, 0.3) is 0 Å². The molecule has 6 atom stereocenters. The Morgan fingerprint density at radius 2 is 1.76 bits per heavy atom. The van der Waals surface area contributed by atoms with Crippen LogP contribution in [0.15, 0.2) is 24.3 Å². The molecule has 0 radical (unpaired) electrons. The van der Waals surface area contributed by atoms with Gasteiger partial charge in [0.05, 0.1) is 23.2 Å². The van der Waals surface area contributed by atoms with Crippen LogP contribution in [0.1, 0.15) is 47.0 Å². The second-order valence-electron chi connectivity index (χ2n) is 9.97. The minimum Gasteiger partial charge on any atom is -0.395 e. The van der Waals surface area contributed by atoms with Crippen LogP contribution < -0.4 is 0 Å². The molecule has 0 aromatic carbocycles. The maximum Gasteiger partial charge on any atom is 0.247 e. The molecule has 182 valence electrons. The number of carbonyl (C=O) groups excluding carboxylic acids is 3. The average Bonchev–Trinajstić information content (AvgIpc) is 3.02. The molecule has 4 aliphatic heterocycles. The summed E-state index contributed by atoms with van der Waals surface area (Å²) in [6.07, 6.45) is 10.9. The van der Waals surface area contributed by atoms with E-state index in [2.05, 4.69) is 19.9 Å². The van der Waals surface area contributed by atoms with Crippen LogP contribution in [0.5, 0.6) is 0 Å². The Labute approximate surface area is 201 Å². The number of thioether (sulfide) groups is 1. The van der Waals surface area contributed by atoms with Crippen molar-refractivity contribution >= 4 is 29.5 Å². The topological polar surface area (TPSA) is 81.2 Å². The number of nitrogens with zero attached hydrogens (tertiary/aromatic N) is 3. The molecule has 33 heavy (non-hydrogen) atoms. The molecule has 1 N–H and O–H groups in total. The van der Waals surface area contributed by atoms with Crippen LogP contribution in [-0.2, 0) is 14.4 Å². The molecule has 1 spiro atoms. The molecular formula is C25H37N3O4S. The van der Waals surface area contributed by atoms with Gasteiger partial charge in [0.1, 0.15) is 6.04 Å². The Morgan fingerprint density at radius 1 is 1.03 bits per heavy atom. The molecule has 2 saturated heterocycles. The smallest absolute Gasteiger partial charge is 0.247 e. The third kappa shape index (κ3) is 3.64. The van der Waals surface area contributed by atoms with Crippen molar-refractivity contribution in [1.29, 1.82) is 0 Å². The van der Waals surface area contributed by atoms with E-state index in [1.54, 1.807) is 16.7 Å². The number of fused-ring (bicyclic) bond motifs is 2. The predicted molar refractivity (Wildman–Crippen MR) is 130 cm³/mol. The Kier molecular flexibility index (Phi) is 6.71. The number of likely N-dealkylation sites (tertiary alicyclic amines) is 1. The van der Waals surface area contributed by atoms with Crippen molar-refractivity contribution in [2.45, 2.75) is 68.5 Å². The van der Waals surface area contributed by atoms with Gasteiger partial charge in [-0.3, -0.25) is 14.4 Å². The Balaban J connectivity index is 1.83. The van der Waals surface area contributed by atoms with E-state index in [9.17, 15) is 19.5 Å². The van der Waals surface area contributed by atoms with Crippen LogP contribution in [0.4, 0.5) is 0 Å². The van der Waals surface area contributed by atoms with Crippen molar-refractivity contribution in [1.82, 2.24) is 14.7 Å². The number of aliphatic hydroxyl groups excluding tert-OH is 1. The number of rotatable bonds is 7. The van der Waals surface area contributed by atoms with Gasteiger partial charge in [-0.25, -0.2) is 0 Å². The summed E-state index contributed by atoms with van der Waals surface area (Å²) in [5.74, 6) is -1.42. The quantitative estimate of drug-likeness (QED) is 0.570. The van der Waals surface area contributed by atoms with Gasteiger partial charge in [-0.05, 0) is 26.7 Å². The Bertz CT molecular complexity index is 876. The first kappa shape index (κ1) is 24.3. The molecule has 2 fully saturated rings. The SMILES string of the molecule is CCCC(C)N1CC=C[C@]23S[C@@]4(C)C=CCN(CCC)C(=O)[C@H]4[C@H]2C(=O)N(CCO)C3C1=O. The van der Waals surface area contributed by atoms with Gasteiger partial charge in [0, 0.05) is 37.0 Å². The first-order chi connectivity index (χ1) is 15.8. The van der Waals surface area contributed by atoms with Crippen LogP contribution in [-0.4, -0.2) is 91.9 Å². The third-order valence-corrected chi connectivity index (χ3v) is 9.54. The first-order valence-electron chi connectivity index (χ1n) is 12.3. The van der Waals surface area contributed by atoms with Crippen LogP contribution in [0.3, 0.4) is 0 Å². The molecule has 0 aromatic rings. The fourth-order valence-corrected chi connectivity index (χ4v) is 8.54. The molecule has 4 aliphatic rings. The van der Waals surface area contributed by atoms with Crippen molar-refractivity contribution in [3.63, 3.8) is 0 Å². The highest BCUT2D eigenvalue weighted by Gasteiger charge is 2.73. The molecule has 8 heteroatoms. The number of hydrogen-bond donors (Lipinski definition) is 1. The molecule has 2 unspecified atom stereocenters. The monoisotopic (exact) mass is 475 g/mol. The Morgan fingerprint density at radius 3 is 2.42 bits per heavy atom. The van der Waals surface area contributed by atoms with Gasteiger partial charge in [-0.15, -0.1) is 11.8 Å². The maximum atomic E-state index is 14.0. The molecule has 7 nitrogen and oxygen atoms in total. The minimum absolute atomic E-state index is 0.00187. The summed E-state index contributed by atoms with van der Waals surface area (Å²) < 4.78 is -1.39. The van der Waals surface area contributed by atoms with E-state index in [1.165, 1.54) is 0 Å². The van der Waals surface area contributed by atoms with E-state index in [4.69, 9.17) is 0 Å². The van der Waals surface area contributed by atoms with Crippen molar-refractivity contribution < 1.29 is 19.5 Å². The average molecular weight is 476 g/mol. The van der Waals surface area contributed by atoms with E-state index in [0.717, 1.165) is 19.3 Å². The lowest BCUT2D eigenvalue weighted by molar-refractivity contribution is -0.145. The molecule has 4 rings (SSSR count). The van der Waals surface area contributed by atoms with Crippen molar-refractivity contribution in [2.75, 3.05) is 32.8 Å². The number of carbonyl (C=O) groups is 3. The van der Waals surface area contributed by atoms with Gasteiger partial charge >= 0.3 is 0 Å². The fraction of sp³-hybridized carbons (Fsp3) is 0.720. The summed E-state index contributed by atoms with van der Waals surface area (Å²) >= 11 is 1.60. The minimum atomic E-state index is -0.821. The van der Waals surface area contributed by atoms with Gasteiger partial charge in [0.2, 0.25) is 17.7 Å². The number of β-amino-alcohol motifs (C(OH)–C–C–N with tert-alkyl or cyclic N) is 1. The highest BCUT2D eigenvalue weighted by molar-refractivity contribution is 8.02. The summed E-state index contributed by atoms with van der Waals surface area (Å²) in [5, 5.41) is 9.77. The summed E-state index contributed by atoms with van der Waals surface area (Å²) in [6.45, 7) is 9.83. The van der Waals surface area contributed by atoms with Crippen molar-refractivity contribution in [3.05, 3.63) is 24.3 Å². The second kappa shape index (κ2) is 9.10. The van der Waals surface area contributed by atoms with E-state index in [0.29, 0.717) is 19.6 Å². The fourth-order valence-electron chi connectivity index (χ4n) is 6.38. The van der Waals surface area contributed by atoms with E-state index in [-0.39, 0.29) is 36.9 Å². The van der Waals surface area contributed by atoms with E-state index >= 15 is 0 Å². The summed E-state index contributed by atoms with van der Waals surface area (Å²) in [4.78, 5) is 47.0. The Hall–Kier alpha value is -1.80. The zero-order valence-corrected chi connectivity index (χ0v) is 21.0. The van der Waals surface area contributed by atoms with Crippen LogP contribution in [0.2, 0.25) is 0 Å².